The van der Waals surface area contributed by atoms with Crippen LogP contribution in [0.1, 0.15) is 5.56 Å². The second kappa shape index (κ2) is 5.36. The average Bonchev–Trinajstić information content (AvgIpc) is 1.85. The van der Waals surface area contributed by atoms with E-state index in [1.807, 2.05) is 0 Å². The fourth-order valence-electron chi connectivity index (χ4n) is 0.917. The minimum Gasteiger partial charge on any atom is -0.316 e. The van der Waals surface area contributed by atoms with Gasteiger partial charge < -0.3 is 5.32 Å². The summed E-state index contributed by atoms with van der Waals surface area (Å²) >= 11 is 5.62. The van der Waals surface area contributed by atoms with E-state index in [-0.39, 0.29) is 18.2 Å². The van der Waals surface area contributed by atoms with Crippen molar-refractivity contribution in [2.45, 2.75) is 6.54 Å². The van der Waals surface area contributed by atoms with E-state index in [0.717, 1.165) is 5.56 Å². The molecule has 0 bridgehead atoms. The second-order valence-electron chi connectivity index (χ2n) is 2.31. The molecule has 0 unspecified atom stereocenters. The Balaban J connectivity index is 0.00000121. The maximum absolute atomic E-state index is 12.6. The lowest BCUT2D eigenvalue weighted by atomic mass is 10.2. The van der Waals surface area contributed by atoms with Gasteiger partial charge in [0.2, 0.25) is 0 Å². The van der Waals surface area contributed by atoms with Gasteiger partial charge in [0.15, 0.2) is 0 Å². The lowest BCUT2D eigenvalue weighted by Crippen LogP contribution is -2.04. The van der Waals surface area contributed by atoms with Crippen molar-refractivity contribution in [1.29, 1.82) is 0 Å². The van der Waals surface area contributed by atoms with Crippen LogP contribution in [-0.2, 0) is 6.54 Å². The normalized spacial score (nSPS) is 9.25. The average molecular weight is 210 g/mol. The third-order valence-corrected chi connectivity index (χ3v) is 1.52. The monoisotopic (exact) mass is 209 g/mol. The Hall–Kier alpha value is -0.310. The number of rotatable bonds is 2. The van der Waals surface area contributed by atoms with Crippen LogP contribution >= 0.6 is 24.0 Å². The molecule has 0 aliphatic rings. The third kappa shape index (κ3) is 3.39. The highest BCUT2D eigenvalue weighted by atomic mass is 35.5. The number of hydrogen-bond donors (Lipinski definition) is 1. The second-order valence-corrected chi connectivity index (χ2v) is 2.74. The molecule has 0 amide bonds. The van der Waals surface area contributed by atoms with Crippen LogP contribution in [0.4, 0.5) is 4.39 Å². The van der Waals surface area contributed by atoms with E-state index in [1.54, 1.807) is 13.1 Å². The molecule has 0 fully saturated rings. The van der Waals surface area contributed by atoms with Crippen molar-refractivity contribution in [2.24, 2.45) is 0 Å². The van der Waals surface area contributed by atoms with Crippen LogP contribution in [0.15, 0.2) is 18.2 Å². The Morgan fingerprint density at radius 3 is 2.58 bits per heavy atom. The lowest BCUT2D eigenvalue weighted by molar-refractivity contribution is 0.624. The van der Waals surface area contributed by atoms with Crippen molar-refractivity contribution >= 4 is 24.0 Å². The summed E-state index contributed by atoms with van der Waals surface area (Å²) < 4.78 is 12.6. The molecule has 0 saturated heterocycles. The maximum atomic E-state index is 12.6. The Morgan fingerprint density at radius 1 is 1.42 bits per heavy atom. The first-order valence-electron chi connectivity index (χ1n) is 3.32. The Bertz CT molecular complexity index is 233. The van der Waals surface area contributed by atoms with Gasteiger partial charge in [0.25, 0.3) is 0 Å². The molecule has 68 valence electrons. The molecule has 0 atom stereocenters. The van der Waals surface area contributed by atoms with Crippen molar-refractivity contribution in [3.05, 3.63) is 34.6 Å². The topological polar surface area (TPSA) is 12.0 Å². The van der Waals surface area contributed by atoms with Crippen LogP contribution in [0.2, 0.25) is 5.02 Å². The number of benzene rings is 1. The minimum absolute atomic E-state index is 0. The molecule has 1 N–H and O–H groups in total. The molecule has 0 saturated carbocycles. The summed E-state index contributed by atoms with van der Waals surface area (Å²) in [5.74, 6) is -0.289. The van der Waals surface area contributed by atoms with Crippen molar-refractivity contribution in [1.82, 2.24) is 5.32 Å². The zero-order valence-corrected chi connectivity index (χ0v) is 8.18. The Kier molecular flexibility index (Phi) is 5.22. The van der Waals surface area contributed by atoms with E-state index >= 15 is 0 Å². The maximum Gasteiger partial charge on any atom is 0.125 e. The highest BCUT2D eigenvalue weighted by molar-refractivity contribution is 6.30. The summed E-state index contributed by atoms with van der Waals surface area (Å²) in [4.78, 5) is 0. The van der Waals surface area contributed by atoms with Gasteiger partial charge in [-0.25, -0.2) is 4.39 Å². The van der Waals surface area contributed by atoms with Gasteiger partial charge in [-0.05, 0) is 30.8 Å². The standard InChI is InChI=1S/C8H9ClFN.ClH/c1-11-5-6-2-7(9)4-8(10)3-6;/h2-4,11H,5H2,1H3;1H. The van der Waals surface area contributed by atoms with Gasteiger partial charge in [-0.1, -0.05) is 11.6 Å². The van der Waals surface area contributed by atoms with Crippen molar-refractivity contribution in [2.75, 3.05) is 7.05 Å². The van der Waals surface area contributed by atoms with Crippen LogP contribution < -0.4 is 5.32 Å². The summed E-state index contributed by atoms with van der Waals surface area (Å²) in [6.07, 6.45) is 0. The van der Waals surface area contributed by atoms with Gasteiger partial charge in [0.05, 0.1) is 0 Å². The zero-order chi connectivity index (χ0) is 8.27. The van der Waals surface area contributed by atoms with Crippen molar-refractivity contribution in [3.8, 4) is 0 Å². The summed E-state index contributed by atoms with van der Waals surface area (Å²) in [5, 5.41) is 3.35. The fourth-order valence-corrected chi connectivity index (χ4v) is 1.16. The molecular weight excluding hydrogens is 200 g/mol. The fraction of sp³-hybridized carbons (Fsp3) is 0.250. The molecule has 0 radical (unpaired) electrons. The molecule has 12 heavy (non-hydrogen) atoms. The summed E-state index contributed by atoms with van der Waals surface area (Å²) in [7, 11) is 1.80. The predicted molar refractivity (Wildman–Crippen MR) is 51.4 cm³/mol. The number of hydrogen-bond acceptors (Lipinski definition) is 1. The van der Waals surface area contributed by atoms with Gasteiger partial charge in [0.1, 0.15) is 5.82 Å². The molecule has 0 aromatic heterocycles. The molecule has 1 aromatic rings. The van der Waals surface area contributed by atoms with Gasteiger partial charge in [-0.3, -0.25) is 0 Å². The molecule has 0 aliphatic heterocycles. The number of nitrogens with one attached hydrogen (secondary N) is 1. The van der Waals surface area contributed by atoms with Gasteiger partial charge >= 0.3 is 0 Å². The van der Waals surface area contributed by atoms with E-state index < -0.39 is 0 Å². The number of halogens is 3. The SMILES string of the molecule is CNCc1cc(F)cc(Cl)c1.Cl. The van der Waals surface area contributed by atoms with Crippen LogP contribution in [0.5, 0.6) is 0 Å². The molecule has 4 heteroatoms. The Labute approximate surface area is 82.3 Å². The molecular formula is C8H10Cl2FN. The zero-order valence-electron chi connectivity index (χ0n) is 6.60. The largest absolute Gasteiger partial charge is 0.316 e. The first-order chi connectivity index (χ1) is 5.22. The lowest BCUT2D eigenvalue weighted by Gasteiger charge is -2.00. The first-order valence-corrected chi connectivity index (χ1v) is 3.70. The predicted octanol–water partition coefficient (Wildman–Crippen LogP) is 2.62. The van der Waals surface area contributed by atoms with E-state index in [0.29, 0.717) is 11.6 Å². The van der Waals surface area contributed by atoms with Gasteiger partial charge in [0, 0.05) is 11.6 Å². The quantitative estimate of drug-likeness (QED) is 0.791. The third-order valence-electron chi connectivity index (χ3n) is 1.30. The van der Waals surface area contributed by atoms with E-state index in [4.69, 9.17) is 11.6 Å². The van der Waals surface area contributed by atoms with E-state index in [1.165, 1.54) is 12.1 Å². The molecule has 1 rings (SSSR count). The van der Waals surface area contributed by atoms with Crippen LogP contribution in [0.25, 0.3) is 0 Å². The van der Waals surface area contributed by atoms with Crippen LogP contribution in [0.3, 0.4) is 0 Å². The van der Waals surface area contributed by atoms with Crippen LogP contribution in [-0.4, -0.2) is 7.05 Å². The highest BCUT2D eigenvalue weighted by Crippen LogP contribution is 2.13. The van der Waals surface area contributed by atoms with Gasteiger partial charge in [-0.2, -0.15) is 0 Å². The highest BCUT2D eigenvalue weighted by Gasteiger charge is 1.96. The molecule has 1 nitrogen and oxygen atoms in total. The van der Waals surface area contributed by atoms with Crippen molar-refractivity contribution < 1.29 is 4.39 Å². The summed E-state index contributed by atoms with van der Waals surface area (Å²) in [6, 6.07) is 4.49. The minimum atomic E-state index is -0.289. The smallest absolute Gasteiger partial charge is 0.125 e. The van der Waals surface area contributed by atoms with E-state index in [2.05, 4.69) is 5.32 Å². The van der Waals surface area contributed by atoms with Crippen molar-refractivity contribution in [3.63, 3.8) is 0 Å². The Morgan fingerprint density at radius 2 is 2.08 bits per heavy atom. The summed E-state index contributed by atoms with van der Waals surface area (Å²) in [5.41, 5.74) is 0.859. The first kappa shape index (κ1) is 11.7. The van der Waals surface area contributed by atoms with E-state index in [9.17, 15) is 4.39 Å². The summed E-state index contributed by atoms with van der Waals surface area (Å²) in [6.45, 7) is 0.636. The van der Waals surface area contributed by atoms with Gasteiger partial charge in [-0.15, -0.1) is 12.4 Å². The molecule has 1 aromatic carbocycles. The molecule has 0 aliphatic carbocycles. The molecule has 0 heterocycles. The van der Waals surface area contributed by atoms with Crippen LogP contribution in [0, 0.1) is 5.82 Å². The molecule has 0 spiro atoms.